The number of halogens is 6. The Bertz CT molecular complexity index is 822. The molecule has 0 fully saturated rings. The Balaban J connectivity index is 2.44. The van der Waals surface area contributed by atoms with Crippen molar-refractivity contribution in [2.75, 3.05) is 5.75 Å². The van der Waals surface area contributed by atoms with Gasteiger partial charge in [0.1, 0.15) is 16.3 Å². The van der Waals surface area contributed by atoms with E-state index in [1.807, 2.05) is 0 Å². The Hall–Kier alpha value is -2.22. The number of rotatable bonds is 3. The van der Waals surface area contributed by atoms with Gasteiger partial charge in [0.2, 0.25) is 0 Å². The van der Waals surface area contributed by atoms with Gasteiger partial charge in [0.15, 0.2) is 5.69 Å². The van der Waals surface area contributed by atoms with E-state index in [2.05, 4.69) is 20.4 Å². The highest BCUT2D eigenvalue weighted by molar-refractivity contribution is 8.14. The molecule has 1 aliphatic heterocycles. The molecule has 1 N–H and O–H groups in total. The monoisotopic (exact) mass is 408 g/mol. The Morgan fingerprint density at radius 3 is 2.44 bits per heavy atom. The summed E-state index contributed by atoms with van der Waals surface area (Å²) in [5.41, 5.74) is -1.70. The number of nitrogens with zero attached hydrogens (tertiary/aromatic N) is 3. The fourth-order valence-electron chi connectivity index (χ4n) is 2.38. The summed E-state index contributed by atoms with van der Waals surface area (Å²) in [5, 5.41) is 3.49. The third-order valence-corrected chi connectivity index (χ3v) is 4.78. The van der Waals surface area contributed by atoms with E-state index in [0.717, 1.165) is 17.8 Å². The van der Waals surface area contributed by atoms with Gasteiger partial charge in [-0.3, -0.25) is 5.43 Å². The average molecular weight is 408 g/mol. The van der Waals surface area contributed by atoms with Crippen LogP contribution in [0, 0.1) is 6.57 Å². The van der Waals surface area contributed by atoms with Crippen LogP contribution < -0.4 is 5.43 Å². The molecule has 0 bridgehead atoms. The van der Waals surface area contributed by atoms with Gasteiger partial charge < -0.3 is 0 Å². The molecule has 0 saturated carbocycles. The Morgan fingerprint density at radius 2 is 1.96 bits per heavy atom. The summed E-state index contributed by atoms with van der Waals surface area (Å²) in [5.74, 6) is 0.448. The number of thioether (sulfide) groups is 1. The molecule has 11 heteroatoms. The van der Waals surface area contributed by atoms with Crippen LogP contribution in [0.3, 0.4) is 0 Å². The molecule has 1 heterocycles. The number of hydrazone groups is 1. The van der Waals surface area contributed by atoms with E-state index in [9.17, 15) is 26.3 Å². The zero-order chi connectivity index (χ0) is 20.5. The molecule has 0 spiro atoms. The van der Waals surface area contributed by atoms with Crippen molar-refractivity contribution in [2.24, 2.45) is 10.1 Å². The topological polar surface area (TPSA) is 41.1 Å². The van der Waals surface area contributed by atoms with Crippen molar-refractivity contribution in [1.29, 1.82) is 0 Å². The van der Waals surface area contributed by atoms with E-state index >= 15 is 0 Å². The first-order valence-electron chi connectivity index (χ1n) is 7.62. The number of benzene rings is 1. The van der Waals surface area contributed by atoms with Gasteiger partial charge in [-0.1, -0.05) is 13.0 Å². The molecular weight excluding hydrogens is 394 g/mol. The maximum Gasteiger partial charge on any atom is 0.431 e. The van der Waals surface area contributed by atoms with Gasteiger partial charge in [-0.25, -0.2) is 9.84 Å². The smallest absolute Gasteiger partial charge is 0.297 e. The van der Waals surface area contributed by atoms with Crippen LogP contribution in [0.25, 0.3) is 4.85 Å². The van der Waals surface area contributed by atoms with Crippen LogP contribution in [0.4, 0.5) is 37.7 Å². The number of hydrogen-bond donors (Lipinski definition) is 1. The Labute approximate surface area is 155 Å². The molecule has 1 aromatic carbocycles. The van der Waals surface area contributed by atoms with Crippen molar-refractivity contribution in [1.82, 2.24) is 5.43 Å². The minimum Gasteiger partial charge on any atom is -0.297 e. The first-order valence-corrected chi connectivity index (χ1v) is 8.61. The molecule has 4 nitrogen and oxygen atoms in total. The third-order valence-electron chi connectivity index (χ3n) is 3.68. The molecule has 27 heavy (non-hydrogen) atoms. The van der Waals surface area contributed by atoms with Gasteiger partial charge in [-0.05, 0) is 24.8 Å². The highest BCUT2D eigenvalue weighted by Crippen LogP contribution is 2.39. The van der Waals surface area contributed by atoms with Gasteiger partial charge >= 0.3 is 12.4 Å². The number of nitrogens with one attached hydrogen (secondary N) is 1. The molecule has 0 aromatic heterocycles. The van der Waals surface area contributed by atoms with Crippen LogP contribution in [0.2, 0.25) is 0 Å². The molecule has 0 radical (unpaired) electrons. The van der Waals surface area contributed by atoms with Gasteiger partial charge in [0.05, 0.1) is 17.8 Å². The van der Waals surface area contributed by atoms with E-state index in [4.69, 9.17) is 6.57 Å². The largest absolute Gasteiger partial charge is 0.431 e. The second-order valence-corrected chi connectivity index (χ2v) is 7.09. The number of aliphatic imine (C=N–C) groups is 1. The summed E-state index contributed by atoms with van der Waals surface area (Å²) in [7, 11) is 0. The van der Waals surface area contributed by atoms with Crippen molar-refractivity contribution >= 4 is 33.9 Å². The Kier molecular flexibility index (Phi) is 5.79. The first-order chi connectivity index (χ1) is 12.4. The highest BCUT2D eigenvalue weighted by Gasteiger charge is 2.47. The predicted molar refractivity (Wildman–Crippen MR) is 92.6 cm³/mol. The minimum absolute atomic E-state index is 0.103. The first kappa shape index (κ1) is 21.1. The predicted octanol–water partition coefficient (Wildman–Crippen LogP) is 5.71. The van der Waals surface area contributed by atoms with Gasteiger partial charge in [-0.15, -0.1) is 11.8 Å². The van der Waals surface area contributed by atoms with Crippen LogP contribution >= 0.6 is 11.8 Å². The van der Waals surface area contributed by atoms with E-state index in [1.54, 1.807) is 6.92 Å². The van der Waals surface area contributed by atoms with Crippen molar-refractivity contribution in [3.05, 3.63) is 35.2 Å². The quantitative estimate of drug-likeness (QED) is 0.301. The number of alkyl halides is 6. The fourth-order valence-corrected chi connectivity index (χ4v) is 3.26. The lowest BCUT2D eigenvalue weighted by atomic mass is 9.98. The van der Waals surface area contributed by atoms with E-state index in [1.165, 1.54) is 13.0 Å². The van der Waals surface area contributed by atoms with Crippen LogP contribution in [0.5, 0.6) is 0 Å². The molecular formula is C16H14F6N4S. The fraction of sp³-hybridized carbons (Fsp3) is 0.438. The molecule has 1 aromatic rings. The zero-order valence-corrected chi connectivity index (χ0v) is 15.0. The summed E-state index contributed by atoms with van der Waals surface area (Å²) in [6.07, 6.45) is -9.84. The summed E-state index contributed by atoms with van der Waals surface area (Å²) in [6.45, 7) is 10.0. The highest BCUT2D eigenvalue weighted by atomic mass is 32.2. The second-order valence-electron chi connectivity index (χ2n) is 5.84. The van der Waals surface area contributed by atoms with Crippen molar-refractivity contribution in [3.8, 4) is 0 Å². The van der Waals surface area contributed by atoms with E-state index in [-0.39, 0.29) is 10.7 Å². The lowest BCUT2D eigenvalue weighted by Gasteiger charge is -2.25. The lowest BCUT2D eigenvalue weighted by Crippen LogP contribution is -2.43. The molecule has 2 rings (SSSR count). The molecule has 1 atom stereocenters. The van der Waals surface area contributed by atoms with E-state index < -0.39 is 41.3 Å². The van der Waals surface area contributed by atoms with Crippen molar-refractivity contribution in [2.45, 2.75) is 38.2 Å². The van der Waals surface area contributed by atoms with Crippen LogP contribution in [-0.4, -0.2) is 28.2 Å². The lowest BCUT2D eigenvalue weighted by molar-refractivity contribution is -0.136. The van der Waals surface area contributed by atoms with Gasteiger partial charge in [0.25, 0.3) is 0 Å². The maximum absolute atomic E-state index is 13.1. The molecule has 0 aliphatic carbocycles. The van der Waals surface area contributed by atoms with Crippen LogP contribution in [0.15, 0.2) is 28.3 Å². The number of hydrogen-bond acceptors (Lipinski definition) is 4. The molecule has 146 valence electrons. The van der Waals surface area contributed by atoms with Gasteiger partial charge in [0, 0.05) is 6.42 Å². The standard InChI is InChI=1S/C16H14F6N4S/c1-4-27-13(14(2)8-12(25-26-14)16(20,21)22)24-9-5-6-11(23-3)10(7-9)15(17,18)19/h5-7,26H,4,8H2,1-2H3/t14-/m0/s1. The summed E-state index contributed by atoms with van der Waals surface area (Å²) < 4.78 is 78.0. The zero-order valence-electron chi connectivity index (χ0n) is 14.2. The van der Waals surface area contributed by atoms with Crippen LogP contribution in [0.1, 0.15) is 25.8 Å². The normalized spacial score (nSPS) is 20.9. The summed E-state index contributed by atoms with van der Waals surface area (Å²) >= 11 is 1.11. The maximum atomic E-state index is 13.1. The van der Waals surface area contributed by atoms with Crippen molar-refractivity contribution in [3.63, 3.8) is 0 Å². The molecule has 0 amide bonds. The minimum atomic E-state index is -4.74. The molecule has 0 unspecified atom stereocenters. The average Bonchev–Trinajstić information content (AvgIpc) is 2.97. The van der Waals surface area contributed by atoms with Crippen LogP contribution in [-0.2, 0) is 6.18 Å². The SMILES string of the molecule is [C-]#[N+]c1ccc(N=C(SCC)[C@]2(C)CC(C(F)(F)F)=NN2)cc1C(F)(F)F. The van der Waals surface area contributed by atoms with E-state index in [0.29, 0.717) is 11.8 Å². The molecule has 1 aliphatic rings. The van der Waals surface area contributed by atoms with Crippen molar-refractivity contribution < 1.29 is 26.3 Å². The Morgan fingerprint density at radius 1 is 1.30 bits per heavy atom. The second kappa shape index (κ2) is 7.42. The molecule has 0 saturated heterocycles. The summed E-state index contributed by atoms with van der Waals surface area (Å²) in [6, 6.07) is 2.93. The third kappa shape index (κ3) is 4.74. The summed E-state index contributed by atoms with van der Waals surface area (Å²) in [4.78, 5) is 6.98. The van der Waals surface area contributed by atoms with Gasteiger partial charge in [-0.2, -0.15) is 31.4 Å².